The minimum Gasteiger partial charge on any atom is -0.381 e. The number of thioether (sulfide) groups is 1. The second kappa shape index (κ2) is 8.47. The molecule has 0 aromatic rings. The van der Waals surface area contributed by atoms with Crippen LogP contribution in [0.15, 0.2) is 0 Å². The topological polar surface area (TPSA) is 55.6 Å². The molecule has 2 fully saturated rings. The Morgan fingerprint density at radius 2 is 2.10 bits per heavy atom. The maximum atomic E-state index is 12.7. The lowest BCUT2D eigenvalue weighted by Crippen LogP contribution is -2.58. The van der Waals surface area contributed by atoms with Crippen molar-refractivity contribution >= 4 is 30.1 Å². The summed E-state index contributed by atoms with van der Waals surface area (Å²) in [6.45, 7) is 5.16. The number of hydrogen-bond acceptors (Lipinski definition) is 4. The van der Waals surface area contributed by atoms with Crippen LogP contribution in [-0.4, -0.2) is 53.7 Å². The average molecular weight is 323 g/mol. The van der Waals surface area contributed by atoms with Crippen molar-refractivity contribution in [1.82, 2.24) is 4.90 Å². The standard InChI is InChI=1S/C14H26N2O2S.ClH/c1-2-19-12-5-3-4-8-16(11-12)13(17)14(15)6-9-18-10-7-14;/h12H,2-11,15H2,1H3;1H. The van der Waals surface area contributed by atoms with Crippen LogP contribution in [0.4, 0.5) is 0 Å². The van der Waals surface area contributed by atoms with Gasteiger partial charge in [-0.25, -0.2) is 0 Å². The Morgan fingerprint density at radius 3 is 2.75 bits per heavy atom. The van der Waals surface area contributed by atoms with Gasteiger partial charge in [0.2, 0.25) is 5.91 Å². The van der Waals surface area contributed by atoms with Crippen molar-refractivity contribution in [2.45, 2.75) is 49.8 Å². The number of carbonyl (C=O) groups is 1. The summed E-state index contributed by atoms with van der Waals surface area (Å²) in [6, 6.07) is 0. The molecule has 0 spiro atoms. The summed E-state index contributed by atoms with van der Waals surface area (Å²) < 4.78 is 5.33. The number of halogens is 1. The molecule has 118 valence electrons. The summed E-state index contributed by atoms with van der Waals surface area (Å²) in [5.41, 5.74) is 5.65. The van der Waals surface area contributed by atoms with Gasteiger partial charge in [0.05, 0.1) is 5.54 Å². The van der Waals surface area contributed by atoms with Crippen LogP contribution in [0.1, 0.15) is 39.0 Å². The van der Waals surface area contributed by atoms with Gasteiger partial charge >= 0.3 is 0 Å². The molecule has 0 aromatic carbocycles. The summed E-state index contributed by atoms with van der Waals surface area (Å²) in [5.74, 6) is 1.27. The quantitative estimate of drug-likeness (QED) is 0.864. The van der Waals surface area contributed by atoms with Gasteiger partial charge in [-0.1, -0.05) is 13.3 Å². The Kier molecular flexibility index (Phi) is 7.65. The molecule has 0 radical (unpaired) electrons. The molecule has 2 aliphatic heterocycles. The monoisotopic (exact) mass is 322 g/mol. The zero-order valence-electron chi connectivity index (χ0n) is 12.3. The first-order chi connectivity index (χ1) is 9.15. The summed E-state index contributed by atoms with van der Waals surface area (Å²) in [4.78, 5) is 14.7. The van der Waals surface area contributed by atoms with Gasteiger partial charge in [-0.2, -0.15) is 11.8 Å². The largest absolute Gasteiger partial charge is 0.381 e. The fraction of sp³-hybridized carbons (Fsp3) is 0.929. The lowest BCUT2D eigenvalue weighted by atomic mass is 9.89. The molecule has 0 bridgehead atoms. The van der Waals surface area contributed by atoms with Crippen molar-refractivity contribution in [3.05, 3.63) is 0 Å². The van der Waals surface area contributed by atoms with Gasteiger partial charge in [0.15, 0.2) is 0 Å². The van der Waals surface area contributed by atoms with Gasteiger partial charge < -0.3 is 15.4 Å². The number of ether oxygens (including phenoxy) is 1. The summed E-state index contributed by atoms with van der Waals surface area (Å²) in [7, 11) is 0. The molecule has 1 amide bonds. The van der Waals surface area contributed by atoms with E-state index in [1.807, 2.05) is 16.7 Å². The molecular formula is C14H27ClN2O2S. The van der Waals surface area contributed by atoms with Crippen molar-refractivity contribution in [1.29, 1.82) is 0 Å². The van der Waals surface area contributed by atoms with Crippen LogP contribution in [0.25, 0.3) is 0 Å². The van der Waals surface area contributed by atoms with E-state index in [1.54, 1.807) is 0 Å². The van der Waals surface area contributed by atoms with Gasteiger partial charge in [0, 0.05) is 31.6 Å². The fourth-order valence-corrected chi connectivity index (χ4v) is 4.01. The number of rotatable bonds is 3. The number of nitrogens with two attached hydrogens (primary N) is 1. The maximum Gasteiger partial charge on any atom is 0.242 e. The Labute approximate surface area is 132 Å². The highest BCUT2D eigenvalue weighted by atomic mass is 35.5. The Bertz CT molecular complexity index is 312. The molecule has 2 aliphatic rings. The van der Waals surface area contributed by atoms with E-state index in [1.165, 1.54) is 12.8 Å². The smallest absolute Gasteiger partial charge is 0.242 e. The van der Waals surface area contributed by atoms with Crippen LogP contribution in [-0.2, 0) is 9.53 Å². The number of nitrogens with zero attached hydrogens (tertiary/aromatic N) is 1. The molecule has 0 aliphatic carbocycles. The Hall–Kier alpha value is 0.0300. The first-order valence-corrected chi connectivity index (χ1v) is 8.48. The molecule has 1 unspecified atom stereocenters. The second-order valence-corrected chi connectivity index (χ2v) is 7.17. The second-order valence-electron chi connectivity index (χ2n) is 5.59. The van der Waals surface area contributed by atoms with E-state index in [4.69, 9.17) is 10.5 Å². The molecule has 2 heterocycles. The van der Waals surface area contributed by atoms with Crippen LogP contribution in [0.5, 0.6) is 0 Å². The molecule has 0 saturated carbocycles. The molecule has 6 heteroatoms. The minimum atomic E-state index is -0.677. The number of hydrogen-bond donors (Lipinski definition) is 1. The van der Waals surface area contributed by atoms with Gasteiger partial charge in [-0.05, 0) is 31.4 Å². The molecule has 4 nitrogen and oxygen atoms in total. The molecule has 1 atom stereocenters. The highest BCUT2D eigenvalue weighted by molar-refractivity contribution is 7.99. The van der Waals surface area contributed by atoms with E-state index in [2.05, 4.69) is 6.92 Å². The van der Waals surface area contributed by atoms with Crippen LogP contribution >= 0.6 is 24.2 Å². The average Bonchev–Trinajstić information content (AvgIpc) is 2.65. The normalized spacial score (nSPS) is 26.5. The molecule has 0 aromatic heterocycles. The van der Waals surface area contributed by atoms with Crippen molar-refractivity contribution in [2.24, 2.45) is 5.73 Å². The third-order valence-electron chi connectivity index (χ3n) is 4.13. The van der Waals surface area contributed by atoms with E-state index in [-0.39, 0.29) is 18.3 Å². The van der Waals surface area contributed by atoms with E-state index in [0.717, 1.165) is 25.3 Å². The molecule has 20 heavy (non-hydrogen) atoms. The predicted octanol–water partition coefficient (Wildman–Crippen LogP) is 2.05. The van der Waals surface area contributed by atoms with Crippen molar-refractivity contribution in [3.63, 3.8) is 0 Å². The van der Waals surface area contributed by atoms with Crippen LogP contribution in [0, 0.1) is 0 Å². The maximum absolute atomic E-state index is 12.7. The number of carbonyl (C=O) groups excluding carboxylic acids is 1. The van der Waals surface area contributed by atoms with Gasteiger partial charge in [-0.15, -0.1) is 12.4 Å². The summed E-state index contributed by atoms with van der Waals surface area (Å²) in [5, 5.41) is 0.583. The molecule has 2 rings (SSSR count). The van der Waals surface area contributed by atoms with Gasteiger partial charge in [0.25, 0.3) is 0 Å². The third-order valence-corrected chi connectivity index (χ3v) is 5.32. The number of likely N-dealkylation sites (tertiary alicyclic amines) is 1. The highest BCUT2D eigenvalue weighted by Crippen LogP contribution is 2.26. The molecule has 2 N–H and O–H groups in total. The van der Waals surface area contributed by atoms with E-state index < -0.39 is 5.54 Å². The van der Waals surface area contributed by atoms with Gasteiger partial charge in [0.1, 0.15) is 0 Å². The van der Waals surface area contributed by atoms with Crippen molar-refractivity contribution in [3.8, 4) is 0 Å². The SMILES string of the molecule is CCSC1CCCCN(C(=O)C2(N)CCOCC2)C1.Cl. The first-order valence-electron chi connectivity index (χ1n) is 7.43. The molecular weight excluding hydrogens is 296 g/mol. The Balaban J connectivity index is 0.00000200. The lowest BCUT2D eigenvalue weighted by molar-refractivity contribution is -0.140. The minimum absolute atomic E-state index is 0. The zero-order valence-corrected chi connectivity index (χ0v) is 13.9. The van der Waals surface area contributed by atoms with Crippen LogP contribution in [0.2, 0.25) is 0 Å². The van der Waals surface area contributed by atoms with Crippen LogP contribution in [0.3, 0.4) is 0 Å². The highest BCUT2D eigenvalue weighted by Gasteiger charge is 2.39. The first kappa shape index (κ1) is 18.1. The fourth-order valence-electron chi connectivity index (χ4n) is 2.92. The van der Waals surface area contributed by atoms with E-state index in [0.29, 0.717) is 31.3 Å². The summed E-state index contributed by atoms with van der Waals surface area (Å²) >= 11 is 1.97. The van der Waals surface area contributed by atoms with Crippen LogP contribution < -0.4 is 5.73 Å². The van der Waals surface area contributed by atoms with Gasteiger partial charge in [-0.3, -0.25) is 4.79 Å². The summed E-state index contributed by atoms with van der Waals surface area (Å²) in [6.07, 6.45) is 4.88. The Morgan fingerprint density at radius 1 is 1.40 bits per heavy atom. The lowest BCUT2D eigenvalue weighted by Gasteiger charge is -2.37. The van der Waals surface area contributed by atoms with E-state index in [9.17, 15) is 4.79 Å². The predicted molar refractivity (Wildman–Crippen MR) is 86.6 cm³/mol. The zero-order chi connectivity index (χ0) is 13.7. The van der Waals surface area contributed by atoms with Crippen molar-refractivity contribution < 1.29 is 9.53 Å². The molecule has 2 saturated heterocycles. The number of amides is 1. The van der Waals surface area contributed by atoms with Crippen molar-refractivity contribution in [2.75, 3.05) is 32.1 Å². The van der Waals surface area contributed by atoms with E-state index >= 15 is 0 Å². The third kappa shape index (κ3) is 4.52.